The summed E-state index contributed by atoms with van der Waals surface area (Å²) in [6.07, 6.45) is 3.46. The fraction of sp³-hybridized carbons (Fsp3) is 0.500. The maximum Gasteiger partial charge on any atom is 0.119 e. The average Bonchev–Trinajstić information content (AvgIpc) is 3.03. The van der Waals surface area contributed by atoms with Gasteiger partial charge in [-0.2, -0.15) is 0 Å². The third kappa shape index (κ3) is 2.91. The summed E-state index contributed by atoms with van der Waals surface area (Å²) in [4.78, 5) is 11.3. The molecule has 126 valence electrons. The Bertz CT molecular complexity index is 701. The second-order valence-electron chi connectivity index (χ2n) is 7.36. The van der Waals surface area contributed by atoms with E-state index in [1.54, 1.807) is 12.4 Å². The number of fused-ring (bicyclic) bond motifs is 1. The van der Waals surface area contributed by atoms with Crippen molar-refractivity contribution in [2.45, 2.75) is 26.8 Å². The smallest absolute Gasteiger partial charge is 0.119 e. The van der Waals surface area contributed by atoms with Crippen LogP contribution in [0.1, 0.15) is 19.5 Å². The Labute approximate surface area is 143 Å². The van der Waals surface area contributed by atoms with Crippen LogP contribution in [-0.4, -0.2) is 40.6 Å². The van der Waals surface area contributed by atoms with Crippen molar-refractivity contribution in [3.8, 4) is 17.0 Å². The van der Waals surface area contributed by atoms with Gasteiger partial charge in [0.25, 0.3) is 0 Å². The fourth-order valence-electron chi connectivity index (χ4n) is 3.94. The molecule has 4 heteroatoms. The lowest BCUT2D eigenvalue weighted by molar-refractivity contribution is 0.206. The van der Waals surface area contributed by atoms with Gasteiger partial charge in [0, 0.05) is 43.0 Å². The number of aromatic nitrogens is 2. The van der Waals surface area contributed by atoms with E-state index in [-0.39, 0.29) is 0 Å². The van der Waals surface area contributed by atoms with Crippen LogP contribution >= 0.6 is 0 Å². The van der Waals surface area contributed by atoms with Crippen LogP contribution in [0.15, 0.2) is 36.7 Å². The van der Waals surface area contributed by atoms with Crippen molar-refractivity contribution >= 4 is 0 Å². The van der Waals surface area contributed by atoms with Gasteiger partial charge in [0.15, 0.2) is 0 Å². The molecule has 2 aliphatic rings. The Morgan fingerprint density at radius 2 is 1.75 bits per heavy atom. The second-order valence-corrected chi connectivity index (χ2v) is 7.36. The Balaban J connectivity index is 1.32. The molecule has 2 atom stereocenters. The normalized spacial score (nSPS) is 25.8. The summed E-state index contributed by atoms with van der Waals surface area (Å²) in [5.74, 6) is 3.41. The van der Waals surface area contributed by atoms with E-state index in [9.17, 15) is 0 Å². The molecule has 1 saturated carbocycles. The van der Waals surface area contributed by atoms with Crippen LogP contribution in [0.25, 0.3) is 11.3 Å². The van der Waals surface area contributed by atoms with E-state index in [0.717, 1.165) is 47.1 Å². The number of hydrogen-bond donors (Lipinski definition) is 0. The van der Waals surface area contributed by atoms with Crippen LogP contribution in [0.4, 0.5) is 0 Å². The van der Waals surface area contributed by atoms with Gasteiger partial charge in [0.2, 0.25) is 0 Å². The topological polar surface area (TPSA) is 38.3 Å². The lowest BCUT2D eigenvalue weighted by Gasteiger charge is -2.23. The summed E-state index contributed by atoms with van der Waals surface area (Å²) >= 11 is 0. The van der Waals surface area contributed by atoms with E-state index in [0.29, 0.717) is 6.04 Å². The molecule has 2 heterocycles. The van der Waals surface area contributed by atoms with E-state index in [1.165, 1.54) is 13.1 Å². The zero-order chi connectivity index (χ0) is 16.7. The number of hydrogen-bond acceptors (Lipinski definition) is 4. The van der Waals surface area contributed by atoms with Crippen molar-refractivity contribution in [2.75, 3.05) is 19.7 Å². The third-order valence-corrected chi connectivity index (χ3v) is 5.58. The highest BCUT2D eigenvalue weighted by atomic mass is 16.5. The molecule has 1 aliphatic heterocycles. The minimum absolute atomic E-state index is 0.677. The van der Waals surface area contributed by atoms with Crippen LogP contribution in [0.5, 0.6) is 5.75 Å². The van der Waals surface area contributed by atoms with Gasteiger partial charge in [-0.05, 0) is 56.9 Å². The van der Waals surface area contributed by atoms with Crippen molar-refractivity contribution in [3.63, 3.8) is 0 Å². The summed E-state index contributed by atoms with van der Waals surface area (Å²) in [7, 11) is 0. The predicted octanol–water partition coefficient (Wildman–Crippen LogP) is 3.42. The zero-order valence-corrected chi connectivity index (χ0v) is 14.6. The van der Waals surface area contributed by atoms with Crippen molar-refractivity contribution in [3.05, 3.63) is 42.4 Å². The fourth-order valence-corrected chi connectivity index (χ4v) is 3.94. The van der Waals surface area contributed by atoms with Crippen LogP contribution in [-0.2, 0) is 0 Å². The number of ether oxygens (including phenoxy) is 1. The summed E-state index contributed by atoms with van der Waals surface area (Å²) in [6.45, 7) is 9.92. The first-order valence-corrected chi connectivity index (χ1v) is 8.88. The van der Waals surface area contributed by atoms with Crippen LogP contribution in [0.3, 0.4) is 0 Å². The van der Waals surface area contributed by atoms with Gasteiger partial charge in [-0.3, -0.25) is 9.97 Å². The summed E-state index contributed by atoms with van der Waals surface area (Å²) in [5, 5.41) is 0. The van der Waals surface area contributed by atoms with E-state index >= 15 is 0 Å². The summed E-state index contributed by atoms with van der Waals surface area (Å²) < 4.78 is 6.03. The lowest BCUT2D eigenvalue weighted by atomic mass is 10.1. The van der Waals surface area contributed by atoms with E-state index < -0.39 is 0 Å². The van der Waals surface area contributed by atoms with Gasteiger partial charge in [-0.25, -0.2) is 0 Å². The monoisotopic (exact) mass is 323 g/mol. The van der Waals surface area contributed by atoms with E-state index in [1.807, 2.05) is 19.1 Å². The number of aryl methyl sites for hydroxylation is 1. The van der Waals surface area contributed by atoms with E-state index in [2.05, 4.69) is 40.8 Å². The minimum Gasteiger partial charge on any atom is -0.493 e. The molecule has 4 rings (SSSR count). The predicted molar refractivity (Wildman–Crippen MR) is 94.9 cm³/mol. The molecule has 1 aromatic heterocycles. The van der Waals surface area contributed by atoms with Gasteiger partial charge < -0.3 is 9.64 Å². The van der Waals surface area contributed by atoms with E-state index in [4.69, 9.17) is 4.74 Å². The third-order valence-electron chi connectivity index (χ3n) is 5.58. The molecule has 1 aliphatic carbocycles. The summed E-state index contributed by atoms with van der Waals surface area (Å²) in [6, 6.07) is 8.90. The molecular formula is C20H25N3O. The van der Waals surface area contributed by atoms with Crippen LogP contribution in [0, 0.1) is 24.7 Å². The molecule has 0 radical (unpaired) electrons. The van der Waals surface area contributed by atoms with Crippen molar-refractivity contribution < 1.29 is 4.74 Å². The van der Waals surface area contributed by atoms with Gasteiger partial charge in [-0.15, -0.1) is 0 Å². The maximum absolute atomic E-state index is 6.03. The highest BCUT2D eigenvalue weighted by Gasteiger charge is 2.56. The Hall–Kier alpha value is -1.94. The molecule has 0 N–H and O–H groups in total. The molecule has 0 amide bonds. The van der Waals surface area contributed by atoms with Gasteiger partial charge in [0.05, 0.1) is 18.0 Å². The zero-order valence-electron chi connectivity index (χ0n) is 14.6. The highest BCUT2D eigenvalue weighted by molar-refractivity contribution is 5.61. The molecule has 4 nitrogen and oxygen atoms in total. The van der Waals surface area contributed by atoms with Gasteiger partial charge in [-0.1, -0.05) is 0 Å². The first kappa shape index (κ1) is 15.6. The van der Waals surface area contributed by atoms with Crippen molar-refractivity contribution in [1.82, 2.24) is 14.9 Å². The largest absolute Gasteiger partial charge is 0.493 e. The van der Waals surface area contributed by atoms with Crippen LogP contribution < -0.4 is 4.74 Å². The number of piperidine rings is 1. The van der Waals surface area contributed by atoms with Gasteiger partial charge >= 0.3 is 0 Å². The molecular weight excluding hydrogens is 298 g/mol. The SMILES string of the molecule is Cc1nccnc1-c1ccc(OCC2C3CN(C(C)C)CC23)cc1. The minimum atomic E-state index is 0.677. The molecule has 0 bridgehead atoms. The lowest BCUT2D eigenvalue weighted by Crippen LogP contribution is -2.31. The molecule has 24 heavy (non-hydrogen) atoms. The first-order valence-electron chi connectivity index (χ1n) is 8.88. The number of benzene rings is 1. The first-order chi connectivity index (χ1) is 11.6. The Morgan fingerprint density at radius 1 is 1.08 bits per heavy atom. The quantitative estimate of drug-likeness (QED) is 0.845. The number of nitrogens with zero attached hydrogens (tertiary/aromatic N) is 3. The standard InChI is InChI=1S/C20H25N3O/c1-13(2)23-10-17-18(11-23)19(17)12-24-16-6-4-15(5-7-16)20-14(3)21-8-9-22-20/h4-9,13,17-19H,10-12H2,1-3H3. The molecule has 1 saturated heterocycles. The average molecular weight is 323 g/mol. The number of rotatable bonds is 5. The molecule has 2 fully saturated rings. The van der Waals surface area contributed by atoms with Crippen molar-refractivity contribution in [2.24, 2.45) is 17.8 Å². The molecule has 2 aromatic rings. The number of likely N-dealkylation sites (tertiary alicyclic amines) is 1. The molecule has 1 aromatic carbocycles. The maximum atomic E-state index is 6.03. The summed E-state index contributed by atoms with van der Waals surface area (Å²) in [5.41, 5.74) is 2.98. The highest BCUT2D eigenvalue weighted by Crippen LogP contribution is 2.52. The second kappa shape index (κ2) is 6.17. The van der Waals surface area contributed by atoms with Gasteiger partial charge in [0.1, 0.15) is 5.75 Å². The molecule has 0 spiro atoms. The van der Waals surface area contributed by atoms with Crippen molar-refractivity contribution in [1.29, 1.82) is 0 Å². The Morgan fingerprint density at radius 3 is 2.38 bits per heavy atom. The Kier molecular flexibility index (Phi) is 4.01. The molecule has 2 unspecified atom stereocenters. The van der Waals surface area contributed by atoms with Crippen LogP contribution in [0.2, 0.25) is 0 Å².